The van der Waals surface area contributed by atoms with Crippen LogP contribution < -0.4 is 0 Å². The highest BCUT2D eigenvalue weighted by atomic mass is 32.1. The van der Waals surface area contributed by atoms with E-state index in [1.54, 1.807) is 11.3 Å². The molecule has 1 aromatic heterocycles. The van der Waals surface area contributed by atoms with Gasteiger partial charge in [0.15, 0.2) is 0 Å². The minimum Gasteiger partial charge on any atom is -0.458 e. The number of rotatable bonds is 2. The Morgan fingerprint density at radius 3 is 2.83 bits per heavy atom. The maximum atomic E-state index is 12.6. The minimum atomic E-state index is -0.250. The molecule has 0 radical (unpaired) electrons. The molecule has 1 fully saturated rings. The first-order valence-electron chi connectivity index (χ1n) is 10.9. The molecule has 3 atom stereocenters. The molecule has 0 amide bonds. The van der Waals surface area contributed by atoms with E-state index in [-0.39, 0.29) is 29.7 Å². The normalized spacial score (nSPS) is 30.3. The molecule has 0 aliphatic carbocycles. The molecule has 2 aliphatic heterocycles. The van der Waals surface area contributed by atoms with Gasteiger partial charge in [0.25, 0.3) is 0 Å². The van der Waals surface area contributed by atoms with Crippen LogP contribution in [-0.4, -0.2) is 29.3 Å². The van der Waals surface area contributed by atoms with E-state index in [0.717, 1.165) is 48.4 Å². The molecule has 160 valence electrons. The van der Waals surface area contributed by atoms with Crippen molar-refractivity contribution < 1.29 is 14.3 Å². The maximum Gasteiger partial charge on any atom is 0.306 e. The first-order valence-corrected chi connectivity index (χ1v) is 11.8. The van der Waals surface area contributed by atoms with Crippen LogP contribution in [0.3, 0.4) is 0 Å². The molecule has 1 saturated heterocycles. The number of hydrogen-bond donors (Lipinski definition) is 0. The Morgan fingerprint density at radius 2 is 2.07 bits per heavy atom. The summed E-state index contributed by atoms with van der Waals surface area (Å²) in [4.78, 5) is 17.2. The first kappa shape index (κ1) is 22.2. The second-order valence-corrected chi connectivity index (χ2v) is 10.3. The van der Waals surface area contributed by atoms with Crippen LogP contribution in [0.1, 0.15) is 82.8 Å². The van der Waals surface area contributed by atoms with Crippen LogP contribution in [0.2, 0.25) is 0 Å². The lowest BCUT2D eigenvalue weighted by Gasteiger charge is -2.25. The lowest BCUT2D eigenvalue weighted by Crippen LogP contribution is -2.23. The fraction of sp³-hybridized carbons (Fsp3) is 0.667. The van der Waals surface area contributed by atoms with E-state index in [9.17, 15) is 4.79 Å². The number of ether oxygens (including phenoxy) is 2. The van der Waals surface area contributed by atoms with Crippen molar-refractivity contribution in [3.63, 3.8) is 0 Å². The quantitative estimate of drug-likeness (QED) is 0.324. The molecule has 3 heterocycles. The first-order chi connectivity index (χ1) is 13.8. The average molecular weight is 418 g/mol. The third-order valence-electron chi connectivity index (χ3n) is 5.94. The fourth-order valence-electron chi connectivity index (χ4n) is 3.90. The summed E-state index contributed by atoms with van der Waals surface area (Å²) in [6, 6.07) is 0. The number of hydrogen-bond acceptors (Lipinski definition) is 5. The van der Waals surface area contributed by atoms with E-state index in [0.29, 0.717) is 6.42 Å². The monoisotopic (exact) mass is 417 g/mol. The van der Waals surface area contributed by atoms with Gasteiger partial charge >= 0.3 is 5.97 Å². The fourth-order valence-corrected chi connectivity index (χ4v) is 4.47. The second kappa shape index (κ2) is 10.0. The molecule has 0 bridgehead atoms. The van der Waals surface area contributed by atoms with Crippen molar-refractivity contribution in [1.82, 2.24) is 4.98 Å². The van der Waals surface area contributed by atoms with E-state index >= 15 is 0 Å². The number of fused-ring (bicyclic) bond motifs is 1. The van der Waals surface area contributed by atoms with Crippen molar-refractivity contribution in [1.29, 1.82) is 0 Å². The molecule has 1 aromatic rings. The smallest absolute Gasteiger partial charge is 0.306 e. The predicted octanol–water partition coefficient (Wildman–Crippen LogP) is 6.25. The summed E-state index contributed by atoms with van der Waals surface area (Å²) in [6.07, 6.45) is 14.5. The SMILES string of the molecule is C/C(=C\c1csc(C)n1)[C@@H]1C[C@@H]2O[C@@H]2C/C=C\CCCCC(C)(C)CCC(=O)O1. The lowest BCUT2D eigenvalue weighted by atomic mass is 9.82. The second-order valence-electron chi connectivity index (χ2n) is 9.22. The Hall–Kier alpha value is -1.46. The number of thiazole rings is 1. The Labute approximate surface area is 179 Å². The van der Waals surface area contributed by atoms with Crippen molar-refractivity contribution in [2.45, 2.75) is 97.4 Å². The van der Waals surface area contributed by atoms with Gasteiger partial charge in [-0.2, -0.15) is 0 Å². The average Bonchev–Trinajstić information content (AvgIpc) is 3.27. The van der Waals surface area contributed by atoms with Gasteiger partial charge < -0.3 is 9.47 Å². The standard InChI is InChI=1S/C24H35NO3S/c1-17(14-19-16-29-18(2)25-19)21-15-22-20(27-22)10-8-6-5-7-9-12-24(3,4)13-11-23(26)28-21/h6,8,14,16,20-22H,5,7,9-13,15H2,1-4H3/b8-6-,17-14+/t20-,21+,22+/m1/s1. The zero-order valence-electron chi connectivity index (χ0n) is 18.3. The predicted molar refractivity (Wildman–Crippen MR) is 119 cm³/mol. The molecule has 0 saturated carbocycles. The summed E-state index contributed by atoms with van der Waals surface area (Å²) in [5.41, 5.74) is 2.14. The van der Waals surface area contributed by atoms with Gasteiger partial charge in [-0.3, -0.25) is 4.79 Å². The van der Waals surface area contributed by atoms with Crippen molar-refractivity contribution >= 4 is 23.4 Å². The number of epoxide rings is 1. The van der Waals surface area contributed by atoms with Gasteiger partial charge in [-0.1, -0.05) is 32.4 Å². The third kappa shape index (κ3) is 7.38. The van der Waals surface area contributed by atoms with Gasteiger partial charge in [0.05, 0.1) is 22.9 Å². The highest BCUT2D eigenvalue weighted by molar-refractivity contribution is 7.09. The minimum absolute atomic E-state index is 0.102. The number of aryl methyl sites for hydroxylation is 1. The summed E-state index contributed by atoms with van der Waals surface area (Å²) in [7, 11) is 0. The van der Waals surface area contributed by atoms with Gasteiger partial charge in [-0.05, 0) is 63.0 Å². The largest absolute Gasteiger partial charge is 0.458 e. The van der Waals surface area contributed by atoms with Gasteiger partial charge in [0.2, 0.25) is 0 Å². The van der Waals surface area contributed by atoms with Gasteiger partial charge in [0.1, 0.15) is 6.10 Å². The molecule has 0 N–H and O–H groups in total. The summed E-state index contributed by atoms with van der Waals surface area (Å²) in [5, 5.41) is 3.08. The molecular formula is C24H35NO3S. The van der Waals surface area contributed by atoms with Crippen LogP contribution in [-0.2, 0) is 14.3 Å². The number of carbonyl (C=O) groups excluding carboxylic acids is 1. The molecule has 2 aliphatic rings. The van der Waals surface area contributed by atoms with Gasteiger partial charge in [-0.25, -0.2) is 4.98 Å². The number of aromatic nitrogens is 1. The van der Waals surface area contributed by atoms with Crippen LogP contribution in [0, 0.1) is 12.3 Å². The molecule has 0 aromatic carbocycles. The van der Waals surface area contributed by atoms with Gasteiger partial charge in [-0.15, -0.1) is 11.3 Å². The zero-order valence-corrected chi connectivity index (χ0v) is 19.1. The van der Waals surface area contributed by atoms with E-state index in [1.165, 1.54) is 12.8 Å². The number of nitrogens with zero attached hydrogens (tertiary/aromatic N) is 1. The molecule has 29 heavy (non-hydrogen) atoms. The van der Waals surface area contributed by atoms with Crippen molar-refractivity contribution in [2.24, 2.45) is 5.41 Å². The van der Waals surface area contributed by atoms with Crippen LogP contribution in [0.4, 0.5) is 0 Å². The van der Waals surface area contributed by atoms with E-state index in [4.69, 9.17) is 9.47 Å². The van der Waals surface area contributed by atoms with E-state index in [2.05, 4.69) is 31.0 Å². The summed E-state index contributed by atoms with van der Waals surface area (Å²) in [5.74, 6) is -0.102. The Bertz CT molecular complexity index is 749. The molecule has 0 spiro atoms. The van der Waals surface area contributed by atoms with E-state index < -0.39 is 0 Å². The van der Waals surface area contributed by atoms with Crippen LogP contribution in [0.25, 0.3) is 6.08 Å². The Balaban J connectivity index is 1.70. The third-order valence-corrected chi connectivity index (χ3v) is 6.73. The topological polar surface area (TPSA) is 51.7 Å². The van der Waals surface area contributed by atoms with Crippen LogP contribution >= 0.6 is 11.3 Å². The molecule has 4 nitrogen and oxygen atoms in total. The van der Waals surface area contributed by atoms with Crippen LogP contribution in [0.15, 0.2) is 23.1 Å². The van der Waals surface area contributed by atoms with Crippen LogP contribution in [0.5, 0.6) is 0 Å². The maximum absolute atomic E-state index is 12.6. The lowest BCUT2D eigenvalue weighted by molar-refractivity contribution is -0.148. The number of allylic oxidation sites excluding steroid dienone is 1. The van der Waals surface area contributed by atoms with E-state index in [1.807, 2.05) is 25.3 Å². The van der Waals surface area contributed by atoms with Crippen molar-refractivity contribution in [3.05, 3.63) is 33.8 Å². The molecular weight excluding hydrogens is 382 g/mol. The van der Waals surface area contributed by atoms with Crippen molar-refractivity contribution in [2.75, 3.05) is 0 Å². The zero-order chi connectivity index (χ0) is 20.9. The van der Waals surface area contributed by atoms with Gasteiger partial charge in [0, 0.05) is 18.2 Å². The molecule has 3 rings (SSSR count). The highest BCUT2D eigenvalue weighted by Crippen LogP contribution is 2.34. The van der Waals surface area contributed by atoms with Crippen molar-refractivity contribution in [3.8, 4) is 0 Å². The highest BCUT2D eigenvalue weighted by Gasteiger charge is 2.40. The summed E-state index contributed by atoms with van der Waals surface area (Å²) in [6.45, 7) is 8.55. The number of esters is 1. The summed E-state index contributed by atoms with van der Waals surface area (Å²) >= 11 is 1.63. The molecule has 5 heteroatoms. The Morgan fingerprint density at radius 1 is 1.24 bits per heavy atom. The molecule has 0 unspecified atom stereocenters. The number of carbonyl (C=O) groups is 1. The number of cyclic esters (lactones) is 1. The Kier molecular flexibility index (Phi) is 7.69. The summed E-state index contributed by atoms with van der Waals surface area (Å²) < 4.78 is 11.8.